The van der Waals surface area contributed by atoms with Crippen molar-refractivity contribution >= 4 is 11.8 Å². The Morgan fingerprint density at radius 3 is 2.44 bits per heavy atom. The minimum atomic E-state index is -0.542. The van der Waals surface area contributed by atoms with E-state index in [2.05, 4.69) is 29.5 Å². The van der Waals surface area contributed by atoms with Crippen molar-refractivity contribution in [3.05, 3.63) is 12.4 Å². The lowest BCUT2D eigenvalue weighted by Crippen LogP contribution is -2.62. The molecular formula is C18H25N5O2. The van der Waals surface area contributed by atoms with Crippen LogP contribution in [0.4, 0.5) is 0 Å². The van der Waals surface area contributed by atoms with Crippen LogP contribution < -0.4 is 5.32 Å². The lowest BCUT2D eigenvalue weighted by molar-refractivity contribution is -0.166. The number of rotatable bonds is 4. The van der Waals surface area contributed by atoms with Crippen LogP contribution in [0, 0.1) is 16.7 Å². The van der Waals surface area contributed by atoms with Crippen molar-refractivity contribution in [2.75, 3.05) is 13.1 Å². The number of carbonyl (C=O) groups excluding carboxylic acids is 2. The average Bonchev–Trinajstić information content (AvgIpc) is 2.95. The molecule has 134 valence electrons. The molecule has 0 radical (unpaired) electrons. The molecule has 4 aliphatic carbocycles. The van der Waals surface area contributed by atoms with Gasteiger partial charge in [0.1, 0.15) is 5.54 Å². The fourth-order valence-electron chi connectivity index (χ4n) is 4.99. The van der Waals surface area contributed by atoms with Gasteiger partial charge in [-0.25, -0.2) is 4.68 Å². The smallest absolute Gasteiger partial charge is 0.250 e. The summed E-state index contributed by atoms with van der Waals surface area (Å²) < 4.78 is 1.70. The van der Waals surface area contributed by atoms with Crippen molar-refractivity contribution < 1.29 is 9.59 Å². The molecule has 1 unspecified atom stereocenters. The topological polar surface area (TPSA) is 80.1 Å². The van der Waals surface area contributed by atoms with E-state index in [0.717, 1.165) is 38.0 Å². The lowest BCUT2D eigenvalue weighted by Gasteiger charge is -2.60. The first-order valence-corrected chi connectivity index (χ1v) is 9.32. The number of aromatic nitrogens is 3. The maximum absolute atomic E-state index is 13.1. The number of hydrogen-bond donors (Lipinski definition) is 1. The van der Waals surface area contributed by atoms with Gasteiger partial charge in [0.05, 0.1) is 12.2 Å². The molecule has 0 spiro atoms. The Balaban J connectivity index is 1.30. The van der Waals surface area contributed by atoms with E-state index in [-0.39, 0.29) is 28.7 Å². The van der Waals surface area contributed by atoms with Gasteiger partial charge in [-0.15, -0.1) is 5.10 Å². The second kappa shape index (κ2) is 4.62. The van der Waals surface area contributed by atoms with Gasteiger partial charge in [-0.3, -0.25) is 9.59 Å². The Kier molecular flexibility index (Phi) is 2.84. The molecule has 5 fully saturated rings. The number of likely N-dealkylation sites (tertiary alicyclic amines) is 1. The summed E-state index contributed by atoms with van der Waals surface area (Å²) in [6.45, 7) is 5.54. The third-order valence-corrected chi connectivity index (χ3v) is 7.04. The average molecular weight is 343 g/mol. The highest BCUT2D eigenvalue weighted by molar-refractivity contribution is 5.88. The largest absolute Gasteiger partial charge is 0.350 e. The molecule has 1 saturated heterocycles. The summed E-state index contributed by atoms with van der Waals surface area (Å²) in [6.07, 6.45) is 8.20. The summed E-state index contributed by atoms with van der Waals surface area (Å²) in [5, 5.41) is 11.2. The second-order valence-corrected chi connectivity index (χ2v) is 9.34. The van der Waals surface area contributed by atoms with Crippen LogP contribution in [0.15, 0.2) is 12.4 Å². The molecule has 2 heterocycles. The molecule has 6 rings (SSSR count). The van der Waals surface area contributed by atoms with Crippen LogP contribution in [0.3, 0.4) is 0 Å². The van der Waals surface area contributed by atoms with Gasteiger partial charge in [0, 0.05) is 30.1 Å². The van der Waals surface area contributed by atoms with Crippen molar-refractivity contribution in [1.82, 2.24) is 25.2 Å². The van der Waals surface area contributed by atoms with E-state index in [9.17, 15) is 9.59 Å². The molecule has 1 N–H and O–H groups in total. The van der Waals surface area contributed by atoms with Gasteiger partial charge in [-0.2, -0.15) is 0 Å². The predicted molar refractivity (Wildman–Crippen MR) is 89.3 cm³/mol. The minimum Gasteiger partial charge on any atom is -0.350 e. The summed E-state index contributed by atoms with van der Waals surface area (Å²) in [7, 11) is 0. The summed E-state index contributed by atoms with van der Waals surface area (Å²) in [6, 6.07) is 0.0181. The number of amides is 2. The van der Waals surface area contributed by atoms with Gasteiger partial charge >= 0.3 is 0 Å². The van der Waals surface area contributed by atoms with Crippen molar-refractivity contribution in [3.8, 4) is 0 Å². The Labute approximate surface area is 147 Å². The summed E-state index contributed by atoms with van der Waals surface area (Å²) >= 11 is 0. The van der Waals surface area contributed by atoms with Crippen molar-refractivity contribution in [1.29, 1.82) is 0 Å². The molecule has 5 aliphatic rings. The molecule has 2 amide bonds. The van der Waals surface area contributed by atoms with Gasteiger partial charge in [0.2, 0.25) is 5.91 Å². The number of nitrogens with one attached hydrogen (secondary N) is 1. The molecule has 1 atom stereocenters. The molecule has 25 heavy (non-hydrogen) atoms. The fraction of sp³-hybridized carbons (Fsp3) is 0.778. The summed E-state index contributed by atoms with van der Waals surface area (Å²) in [4.78, 5) is 27.7. The zero-order valence-electron chi connectivity index (χ0n) is 14.9. The lowest BCUT2D eigenvalue weighted by atomic mass is 9.44. The van der Waals surface area contributed by atoms with Gasteiger partial charge in [0.25, 0.3) is 5.91 Å². The van der Waals surface area contributed by atoms with E-state index >= 15 is 0 Å². The van der Waals surface area contributed by atoms with Gasteiger partial charge < -0.3 is 10.2 Å². The van der Waals surface area contributed by atoms with Gasteiger partial charge in [-0.1, -0.05) is 19.1 Å². The van der Waals surface area contributed by atoms with E-state index in [0.29, 0.717) is 13.1 Å². The number of carbonyl (C=O) groups is 2. The zero-order chi connectivity index (χ0) is 17.4. The van der Waals surface area contributed by atoms with Crippen LogP contribution >= 0.6 is 0 Å². The molecule has 1 aliphatic heterocycles. The third-order valence-electron chi connectivity index (χ3n) is 7.04. The molecule has 7 heteroatoms. The van der Waals surface area contributed by atoms with E-state index in [1.165, 1.54) is 0 Å². The molecule has 1 aromatic rings. The summed E-state index contributed by atoms with van der Waals surface area (Å²) in [5.41, 5.74) is -0.733. The van der Waals surface area contributed by atoms with E-state index < -0.39 is 5.54 Å². The Morgan fingerprint density at radius 2 is 1.92 bits per heavy atom. The first kappa shape index (κ1) is 15.3. The SMILES string of the molecule is CC1(C)CN(C(=O)C2(n3ccnn3)CC2)CC1NC(=O)C12CC(C1)C2. The highest BCUT2D eigenvalue weighted by Crippen LogP contribution is 2.64. The second-order valence-electron chi connectivity index (χ2n) is 9.34. The monoisotopic (exact) mass is 343 g/mol. The first-order chi connectivity index (χ1) is 11.8. The van der Waals surface area contributed by atoms with Gasteiger partial charge in [-0.05, 0) is 38.0 Å². The van der Waals surface area contributed by atoms with Crippen LogP contribution in [0.2, 0.25) is 0 Å². The van der Waals surface area contributed by atoms with Crippen molar-refractivity contribution in [2.24, 2.45) is 16.7 Å². The maximum Gasteiger partial charge on any atom is 0.250 e. The Bertz CT molecular complexity index is 720. The van der Waals surface area contributed by atoms with E-state index in [1.807, 2.05) is 4.90 Å². The van der Waals surface area contributed by atoms with Crippen LogP contribution in [0.25, 0.3) is 0 Å². The molecule has 4 saturated carbocycles. The minimum absolute atomic E-state index is 0.0181. The zero-order valence-corrected chi connectivity index (χ0v) is 14.9. The summed E-state index contributed by atoms with van der Waals surface area (Å²) in [5.74, 6) is 1.12. The first-order valence-electron chi connectivity index (χ1n) is 9.32. The van der Waals surface area contributed by atoms with Crippen LogP contribution in [-0.4, -0.2) is 50.8 Å². The maximum atomic E-state index is 13.1. The number of nitrogens with zero attached hydrogens (tertiary/aromatic N) is 4. The highest BCUT2D eigenvalue weighted by Gasteiger charge is 2.62. The van der Waals surface area contributed by atoms with Crippen LogP contribution in [0.5, 0.6) is 0 Å². The Hall–Kier alpha value is -1.92. The number of hydrogen-bond acceptors (Lipinski definition) is 4. The van der Waals surface area contributed by atoms with E-state index in [4.69, 9.17) is 0 Å². The Morgan fingerprint density at radius 1 is 1.20 bits per heavy atom. The molecule has 2 bridgehead atoms. The third kappa shape index (κ3) is 2.04. The normalized spacial score (nSPS) is 36.3. The standard InChI is InChI=1S/C18H25N5O2/c1-16(2)11-22(15(25)18(3-4-18)23-6-5-19-21-23)10-13(16)20-14(24)17-7-12(8-17)9-17/h5-6,12-13H,3-4,7-11H2,1-2H3,(H,20,24). The molecule has 1 aromatic heterocycles. The molecular weight excluding hydrogens is 318 g/mol. The van der Waals surface area contributed by atoms with E-state index in [1.54, 1.807) is 17.1 Å². The van der Waals surface area contributed by atoms with Gasteiger partial charge in [0.15, 0.2) is 0 Å². The molecule has 0 aromatic carbocycles. The quantitative estimate of drug-likeness (QED) is 0.882. The van der Waals surface area contributed by atoms with Crippen molar-refractivity contribution in [3.63, 3.8) is 0 Å². The van der Waals surface area contributed by atoms with Crippen LogP contribution in [-0.2, 0) is 15.1 Å². The highest BCUT2D eigenvalue weighted by atomic mass is 16.2. The molecule has 7 nitrogen and oxygen atoms in total. The van der Waals surface area contributed by atoms with Crippen LogP contribution in [0.1, 0.15) is 46.0 Å². The van der Waals surface area contributed by atoms with Crippen molar-refractivity contribution in [2.45, 2.75) is 57.5 Å². The fourth-order valence-corrected chi connectivity index (χ4v) is 4.99. The predicted octanol–water partition coefficient (Wildman–Crippen LogP) is 0.920.